The van der Waals surface area contributed by atoms with Crippen LogP contribution in [0.4, 0.5) is 0 Å². The summed E-state index contributed by atoms with van der Waals surface area (Å²) in [5.41, 5.74) is 3.40. The molecule has 1 aliphatic carbocycles. The molecule has 1 N–H and O–H groups in total. The first-order valence-corrected chi connectivity index (χ1v) is 5.96. The van der Waals surface area contributed by atoms with Crippen molar-refractivity contribution in [2.45, 2.75) is 39.2 Å². The van der Waals surface area contributed by atoms with Crippen molar-refractivity contribution in [2.24, 2.45) is 5.41 Å². The van der Waals surface area contributed by atoms with Crippen LogP contribution >= 0.6 is 0 Å². The second-order valence-electron chi connectivity index (χ2n) is 4.97. The number of rotatable bonds is 4. The molecule has 1 unspecified atom stereocenters. The Kier molecular flexibility index (Phi) is 2.83. The first kappa shape index (κ1) is 10.7. The van der Waals surface area contributed by atoms with Gasteiger partial charge < -0.3 is 5.32 Å². The van der Waals surface area contributed by atoms with Gasteiger partial charge in [-0.1, -0.05) is 38.1 Å². The van der Waals surface area contributed by atoms with Crippen LogP contribution in [0.25, 0.3) is 0 Å². The third-order valence-electron chi connectivity index (χ3n) is 3.72. The van der Waals surface area contributed by atoms with Crippen LogP contribution in [0.3, 0.4) is 0 Å². The topological polar surface area (TPSA) is 12.0 Å². The SMILES string of the molecule is CCc1cccc(C(NC)C2(C)CC2)c1. The molecule has 1 heteroatoms. The highest BCUT2D eigenvalue weighted by molar-refractivity contribution is 5.28. The van der Waals surface area contributed by atoms with E-state index >= 15 is 0 Å². The van der Waals surface area contributed by atoms with Gasteiger partial charge in [0.15, 0.2) is 0 Å². The van der Waals surface area contributed by atoms with Gasteiger partial charge in [0.05, 0.1) is 0 Å². The Morgan fingerprint density at radius 3 is 2.67 bits per heavy atom. The van der Waals surface area contributed by atoms with E-state index in [0.717, 1.165) is 6.42 Å². The van der Waals surface area contributed by atoms with Gasteiger partial charge in [0.1, 0.15) is 0 Å². The molecular weight excluding hydrogens is 182 g/mol. The molecule has 0 spiro atoms. The van der Waals surface area contributed by atoms with Crippen molar-refractivity contribution in [3.05, 3.63) is 35.4 Å². The maximum atomic E-state index is 3.47. The van der Waals surface area contributed by atoms with Crippen molar-refractivity contribution in [2.75, 3.05) is 7.05 Å². The summed E-state index contributed by atoms with van der Waals surface area (Å²) in [7, 11) is 2.08. The Balaban J connectivity index is 2.26. The Bertz CT molecular complexity index is 339. The molecule has 2 rings (SSSR count). The average Bonchev–Trinajstić information content (AvgIpc) is 2.98. The average molecular weight is 203 g/mol. The highest BCUT2D eigenvalue weighted by Gasteiger charge is 2.44. The summed E-state index contributed by atoms with van der Waals surface area (Å²) in [6.45, 7) is 4.60. The van der Waals surface area contributed by atoms with E-state index in [2.05, 4.69) is 50.5 Å². The van der Waals surface area contributed by atoms with E-state index in [1.54, 1.807) is 0 Å². The monoisotopic (exact) mass is 203 g/mol. The molecule has 1 nitrogen and oxygen atoms in total. The van der Waals surface area contributed by atoms with E-state index in [1.807, 2.05) is 0 Å². The van der Waals surface area contributed by atoms with Crippen molar-refractivity contribution in [3.63, 3.8) is 0 Å². The molecule has 0 amide bonds. The lowest BCUT2D eigenvalue weighted by molar-refractivity contribution is 0.390. The summed E-state index contributed by atoms with van der Waals surface area (Å²) in [5.74, 6) is 0. The number of nitrogens with one attached hydrogen (secondary N) is 1. The van der Waals surface area contributed by atoms with Gasteiger partial charge in [-0.05, 0) is 42.9 Å². The molecule has 15 heavy (non-hydrogen) atoms. The van der Waals surface area contributed by atoms with Gasteiger partial charge >= 0.3 is 0 Å². The Morgan fingerprint density at radius 1 is 1.40 bits per heavy atom. The zero-order valence-corrected chi connectivity index (χ0v) is 10.0. The summed E-state index contributed by atoms with van der Waals surface area (Å²) in [6, 6.07) is 9.54. The highest BCUT2D eigenvalue weighted by atomic mass is 14.9. The molecule has 0 aromatic heterocycles. The fourth-order valence-corrected chi connectivity index (χ4v) is 2.40. The Hall–Kier alpha value is -0.820. The fraction of sp³-hybridized carbons (Fsp3) is 0.571. The van der Waals surface area contributed by atoms with Gasteiger partial charge in [-0.3, -0.25) is 0 Å². The molecule has 0 saturated heterocycles. The summed E-state index contributed by atoms with van der Waals surface area (Å²) in [4.78, 5) is 0. The summed E-state index contributed by atoms with van der Waals surface area (Å²) in [6.07, 6.45) is 3.84. The van der Waals surface area contributed by atoms with E-state index in [4.69, 9.17) is 0 Å². The second kappa shape index (κ2) is 3.97. The minimum absolute atomic E-state index is 0.501. The van der Waals surface area contributed by atoms with E-state index in [0.29, 0.717) is 11.5 Å². The smallest absolute Gasteiger partial charge is 0.0372 e. The maximum Gasteiger partial charge on any atom is 0.0372 e. The van der Waals surface area contributed by atoms with E-state index in [-0.39, 0.29) is 0 Å². The van der Waals surface area contributed by atoms with Crippen molar-refractivity contribution in [1.29, 1.82) is 0 Å². The predicted octanol–water partition coefficient (Wildman–Crippen LogP) is 3.31. The molecule has 0 aliphatic heterocycles. The van der Waals surface area contributed by atoms with Crippen LogP contribution in [-0.2, 0) is 6.42 Å². The van der Waals surface area contributed by atoms with Gasteiger partial charge in [0.25, 0.3) is 0 Å². The quantitative estimate of drug-likeness (QED) is 0.791. The van der Waals surface area contributed by atoms with Crippen molar-refractivity contribution >= 4 is 0 Å². The molecule has 1 atom stereocenters. The van der Waals surface area contributed by atoms with Crippen LogP contribution < -0.4 is 5.32 Å². The number of hydrogen-bond donors (Lipinski definition) is 1. The second-order valence-corrected chi connectivity index (χ2v) is 4.97. The van der Waals surface area contributed by atoms with E-state index in [9.17, 15) is 0 Å². The van der Waals surface area contributed by atoms with Crippen LogP contribution in [0, 0.1) is 5.41 Å². The lowest BCUT2D eigenvalue weighted by Gasteiger charge is -2.24. The van der Waals surface area contributed by atoms with Crippen LogP contribution in [0.15, 0.2) is 24.3 Å². The third kappa shape index (κ3) is 2.07. The molecular formula is C14H21N. The molecule has 0 bridgehead atoms. The molecule has 1 aliphatic rings. The van der Waals surface area contributed by atoms with Gasteiger partial charge in [-0.15, -0.1) is 0 Å². The molecule has 82 valence electrons. The fourth-order valence-electron chi connectivity index (χ4n) is 2.40. The molecule has 0 heterocycles. The van der Waals surface area contributed by atoms with Crippen LogP contribution in [-0.4, -0.2) is 7.05 Å². The largest absolute Gasteiger partial charge is 0.313 e. The number of benzene rings is 1. The van der Waals surface area contributed by atoms with Gasteiger partial charge in [-0.25, -0.2) is 0 Å². The first-order valence-electron chi connectivity index (χ1n) is 5.96. The summed E-state index contributed by atoms with van der Waals surface area (Å²) in [5, 5.41) is 3.47. The zero-order chi connectivity index (χ0) is 10.9. The lowest BCUT2D eigenvalue weighted by Crippen LogP contribution is -2.24. The minimum Gasteiger partial charge on any atom is -0.313 e. The maximum absolute atomic E-state index is 3.47. The first-order chi connectivity index (χ1) is 7.19. The molecule has 1 aromatic rings. The van der Waals surface area contributed by atoms with Crippen LogP contribution in [0.2, 0.25) is 0 Å². The normalized spacial score (nSPS) is 19.9. The van der Waals surface area contributed by atoms with Gasteiger partial charge in [-0.2, -0.15) is 0 Å². The predicted molar refractivity (Wildman–Crippen MR) is 65.0 cm³/mol. The zero-order valence-electron chi connectivity index (χ0n) is 10.0. The molecule has 1 fully saturated rings. The van der Waals surface area contributed by atoms with E-state index < -0.39 is 0 Å². The molecule has 1 saturated carbocycles. The Labute approximate surface area is 92.9 Å². The number of hydrogen-bond acceptors (Lipinski definition) is 1. The standard InChI is InChI=1S/C14H21N/c1-4-11-6-5-7-12(10-11)13(15-3)14(2)8-9-14/h5-7,10,13,15H,4,8-9H2,1-3H3. The van der Waals surface area contributed by atoms with Gasteiger partial charge in [0, 0.05) is 6.04 Å². The summed E-state index contributed by atoms with van der Waals surface area (Å²) >= 11 is 0. The van der Waals surface area contributed by atoms with Crippen molar-refractivity contribution in [1.82, 2.24) is 5.32 Å². The third-order valence-corrected chi connectivity index (χ3v) is 3.72. The Morgan fingerprint density at radius 2 is 2.13 bits per heavy atom. The van der Waals surface area contributed by atoms with Crippen molar-refractivity contribution in [3.8, 4) is 0 Å². The van der Waals surface area contributed by atoms with Crippen molar-refractivity contribution < 1.29 is 0 Å². The lowest BCUT2D eigenvalue weighted by atomic mass is 9.91. The highest BCUT2D eigenvalue weighted by Crippen LogP contribution is 2.54. The van der Waals surface area contributed by atoms with E-state index in [1.165, 1.54) is 24.0 Å². The molecule has 1 aromatic carbocycles. The minimum atomic E-state index is 0.501. The number of aryl methyl sites for hydroxylation is 1. The van der Waals surface area contributed by atoms with Gasteiger partial charge in [0.2, 0.25) is 0 Å². The van der Waals surface area contributed by atoms with Crippen LogP contribution in [0.1, 0.15) is 43.9 Å². The summed E-state index contributed by atoms with van der Waals surface area (Å²) < 4.78 is 0. The van der Waals surface area contributed by atoms with Crippen LogP contribution in [0.5, 0.6) is 0 Å². The molecule has 0 radical (unpaired) electrons.